The Balaban J connectivity index is 1.53. The van der Waals surface area contributed by atoms with Gasteiger partial charge in [-0.1, -0.05) is 34.4 Å². The molecule has 10 heteroatoms. The van der Waals surface area contributed by atoms with Crippen LogP contribution in [0.4, 0.5) is 5.69 Å². The number of benzene rings is 2. The summed E-state index contributed by atoms with van der Waals surface area (Å²) in [6.45, 7) is 4.21. The summed E-state index contributed by atoms with van der Waals surface area (Å²) in [5, 5.41) is 12.3. The zero-order valence-corrected chi connectivity index (χ0v) is 20.5. The van der Waals surface area contributed by atoms with Gasteiger partial charge in [0.15, 0.2) is 23.0 Å². The second-order valence-electron chi connectivity index (χ2n) is 7.55. The normalized spacial score (nSPS) is 10.9. The summed E-state index contributed by atoms with van der Waals surface area (Å²) in [6, 6.07) is 12.2. The lowest BCUT2D eigenvalue weighted by Crippen LogP contribution is -2.13. The van der Waals surface area contributed by atoms with Crippen molar-refractivity contribution in [3.63, 3.8) is 0 Å². The molecule has 0 saturated carbocycles. The van der Waals surface area contributed by atoms with Crippen LogP contribution in [0.2, 0.25) is 10.0 Å². The number of aromatic nitrogens is 3. The van der Waals surface area contributed by atoms with E-state index >= 15 is 0 Å². The third-order valence-corrected chi connectivity index (χ3v) is 5.89. The number of aryl methyl sites for hydroxylation is 1. The molecule has 2 aromatic heterocycles. The first kappa shape index (κ1) is 23.7. The number of anilines is 1. The maximum Gasteiger partial charge on any atom is 0.277 e. The molecule has 0 fully saturated rings. The quantitative estimate of drug-likeness (QED) is 0.345. The number of rotatable bonds is 7. The summed E-state index contributed by atoms with van der Waals surface area (Å²) < 4.78 is 17.8. The Morgan fingerprint density at radius 3 is 2.53 bits per heavy atom. The SMILES string of the molecule is COc1ccc(Cn2nc(C)c(NC(=O)c3cc(-c4ccc(Cl)cc4Cl)on3)c2C)cc1OC. The molecule has 0 atom stereocenters. The third kappa shape index (κ3) is 4.73. The van der Waals surface area contributed by atoms with Gasteiger partial charge in [0.1, 0.15) is 0 Å². The van der Waals surface area contributed by atoms with Crippen LogP contribution in [0, 0.1) is 13.8 Å². The first-order chi connectivity index (χ1) is 16.3. The highest BCUT2D eigenvalue weighted by atomic mass is 35.5. The number of halogens is 2. The predicted octanol–water partition coefficient (Wildman–Crippen LogP) is 5.78. The topological polar surface area (TPSA) is 91.4 Å². The van der Waals surface area contributed by atoms with Crippen molar-refractivity contribution >= 4 is 34.8 Å². The van der Waals surface area contributed by atoms with Crippen LogP contribution in [0.25, 0.3) is 11.3 Å². The number of ether oxygens (including phenoxy) is 2. The van der Waals surface area contributed by atoms with Crippen molar-refractivity contribution in [3.05, 3.63) is 75.2 Å². The van der Waals surface area contributed by atoms with Gasteiger partial charge in [0, 0.05) is 16.7 Å². The van der Waals surface area contributed by atoms with E-state index in [-0.39, 0.29) is 5.69 Å². The van der Waals surface area contributed by atoms with Gasteiger partial charge in [-0.05, 0) is 49.7 Å². The minimum Gasteiger partial charge on any atom is -0.493 e. The smallest absolute Gasteiger partial charge is 0.277 e. The fourth-order valence-electron chi connectivity index (χ4n) is 3.56. The monoisotopic (exact) mass is 500 g/mol. The minimum absolute atomic E-state index is 0.118. The van der Waals surface area contributed by atoms with E-state index in [0.29, 0.717) is 50.8 Å². The lowest BCUT2D eigenvalue weighted by Gasteiger charge is -2.10. The average Bonchev–Trinajstić information content (AvgIpc) is 3.40. The molecule has 176 valence electrons. The second kappa shape index (κ2) is 9.79. The first-order valence-corrected chi connectivity index (χ1v) is 11.0. The molecule has 0 aliphatic carbocycles. The van der Waals surface area contributed by atoms with Crippen LogP contribution in [0.15, 0.2) is 47.0 Å². The van der Waals surface area contributed by atoms with Crippen LogP contribution >= 0.6 is 23.2 Å². The summed E-state index contributed by atoms with van der Waals surface area (Å²) in [4.78, 5) is 12.9. The molecule has 4 rings (SSSR count). The van der Waals surface area contributed by atoms with Crippen LogP contribution in [0.3, 0.4) is 0 Å². The van der Waals surface area contributed by atoms with Gasteiger partial charge in [-0.3, -0.25) is 9.48 Å². The molecule has 0 unspecified atom stereocenters. The molecule has 1 N–H and O–H groups in total. The minimum atomic E-state index is -0.419. The van der Waals surface area contributed by atoms with Gasteiger partial charge in [-0.15, -0.1) is 0 Å². The highest BCUT2D eigenvalue weighted by Crippen LogP contribution is 2.31. The number of carbonyl (C=O) groups is 1. The molecule has 2 aromatic carbocycles. The van der Waals surface area contributed by atoms with Crippen molar-refractivity contribution in [1.29, 1.82) is 0 Å². The second-order valence-corrected chi connectivity index (χ2v) is 8.39. The summed E-state index contributed by atoms with van der Waals surface area (Å²) in [5.74, 6) is 1.23. The average molecular weight is 501 g/mol. The summed E-state index contributed by atoms with van der Waals surface area (Å²) >= 11 is 12.2. The van der Waals surface area contributed by atoms with Crippen LogP contribution < -0.4 is 14.8 Å². The number of amides is 1. The van der Waals surface area contributed by atoms with E-state index in [1.54, 1.807) is 32.4 Å². The van der Waals surface area contributed by atoms with Crippen molar-refractivity contribution in [1.82, 2.24) is 14.9 Å². The highest BCUT2D eigenvalue weighted by molar-refractivity contribution is 6.36. The van der Waals surface area contributed by atoms with Gasteiger partial charge in [0.2, 0.25) is 0 Å². The van der Waals surface area contributed by atoms with Gasteiger partial charge in [-0.25, -0.2) is 0 Å². The lowest BCUT2D eigenvalue weighted by molar-refractivity contribution is 0.101. The van der Waals surface area contributed by atoms with Crippen molar-refractivity contribution in [2.45, 2.75) is 20.4 Å². The predicted molar refractivity (Wildman–Crippen MR) is 130 cm³/mol. The number of hydrogen-bond acceptors (Lipinski definition) is 6. The Bertz CT molecular complexity index is 1360. The number of nitrogens with zero attached hydrogens (tertiary/aromatic N) is 3. The maximum absolute atomic E-state index is 12.9. The number of carbonyl (C=O) groups excluding carboxylic acids is 1. The van der Waals surface area contributed by atoms with Gasteiger partial charge < -0.3 is 19.3 Å². The zero-order valence-electron chi connectivity index (χ0n) is 19.0. The van der Waals surface area contributed by atoms with E-state index in [1.165, 1.54) is 6.07 Å². The lowest BCUT2D eigenvalue weighted by atomic mass is 10.1. The molecule has 1 amide bonds. The largest absolute Gasteiger partial charge is 0.493 e. The van der Waals surface area contributed by atoms with Crippen LogP contribution in [-0.2, 0) is 6.54 Å². The molecule has 0 aliphatic rings. The van der Waals surface area contributed by atoms with E-state index in [0.717, 1.165) is 11.3 Å². The molecule has 0 aliphatic heterocycles. The van der Waals surface area contributed by atoms with E-state index < -0.39 is 5.91 Å². The number of nitrogens with one attached hydrogen (secondary N) is 1. The van der Waals surface area contributed by atoms with Gasteiger partial charge in [0.25, 0.3) is 5.91 Å². The fraction of sp³-hybridized carbons (Fsp3) is 0.208. The van der Waals surface area contributed by atoms with Crippen molar-refractivity contribution in [2.24, 2.45) is 0 Å². The van der Waals surface area contributed by atoms with E-state index in [4.69, 9.17) is 37.2 Å². The number of hydrogen-bond donors (Lipinski definition) is 1. The van der Waals surface area contributed by atoms with Gasteiger partial charge in [-0.2, -0.15) is 5.10 Å². The van der Waals surface area contributed by atoms with Gasteiger partial charge >= 0.3 is 0 Å². The molecule has 0 spiro atoms. The molecule has 0 saturated heterocycles. The van der Waals surface area contributed by atoms with Gasteiger partial charge in [0.05, 0.1) is 42.9 Å². The molecule has 0 bridgehead atoms. The Morgan fingerprint density at radius 1 is 1.06 bits per heavy atom. The molecular weight excluding hydrogens is 479 g/mol. The number of methoxy groups -OCH3 is 2. The van der Waals surface area contributed by atoms with Crippen LogP contribution in [0.1, 0.15) is 27.4 Å². The van der Waals surface area contributed by atoms with Crippen molar-refractivity contribution in [2.75, 3.05) is 19.5 Å². The molecule has 34 heavy (non-hydrogen) atoms. The molecular formula is C24H22Cl2N4O4. The molecule has 0 radical (unpaired) electrons. The maximum atomic E-state index is 12.9. The molecule has 2 heterocycles. The zero-order chi connectivity index (χ0) is 24.4. The van der Waals surface area contributed by atoms with E-state index in [9.17, 15) is 4.79 Å². The summed E-state index contributed by atoms with van der Waals surface area (Å²) in [7, 11) is 3.18. The van der Waals surface area contributed by atoms with E-state index in [2.05, 4.69) is 15.6 Å². The van der Waals surface area contributed by atoms with Crippen LogP contribution in [-0.4, -0.2) is 35.1 Å². The Morgan fingerprint density at radius 2 is 1.82 bits per heavy atom. The standard InChI is InChI=1S/C24H22Cl2N4O4/c1-13-23(14(2)30(28-13)12-15-5-8-20(32-3)22(9-15)33-4)27-24(31)19-11-21(34-29-19)17-7-6-16(25)10-18(17)26/h5-11H,12H2,1-4H3,(H,27,31). The Labute approximate surface area is 206 Å². The summed E-state index contributed by atoms with van der Waals surface area (Å²) in [6.07, 6.45) is 0. The third-order valence-electron chi connectivity index (χ3n) is 5.34. The first-order valence-electron chi connectivity index (χ1n) is 10.3. The Kier molecular flexibility index (Phi) is 6.81. The Hall–Kier alpha value is -3.49. The summed E-state index contributed by atoms with van der Waals surface area (Å²) in [5.41, 5.74) is 3.77. The molecule has 4 aromatic rings. The molecule has 8 nitrogen and oxygen atoms in total. The van der Waals surface area contributed by atoms with Crippen LogP contribution in [0.5, 0.6) is 11.5 Å². The van der Waals surface area contributed by atoms with Crippen molar-refractivity contribution in [3.8, 4) is 22.8 Å². The fourth-order valence-corrected chi connectivity index (χ4v) is 4.06. The van der Waals surface area contributed by atoms with E-state index in [1.807, 2.05) is 36.7 Å². The highest BCUT2D eigenvalue weighted by Gasteiger charge is 2.20. The van der Waals surface area contributed by atoms with Crippen molar-refractivity contribution < 1.29 is 18.8 Å².